The number of hydrogen-bond donors (Lipinski definition) is 0. The third kappa shape index (κ3) is 3.24. The summed E-state index contributed by atoms with van der Waals surface area (Å²) in [7, 11) is 0. The van der Waals surface area contributed by atoms with Gasteiger partial charge in [0.1, 0.15) is 0 Å². The number of hydrogen-bond acceptors (Lipinski definition) is 2. The number of benzene rings is 1. The quantitative estimate of drug-likeness (QED) is 0.637. The van der Waals surface area contributed by atoms with Crippen LogP contribution >= 0.6 is 0 Å². The zero-order valence-electron chi connectivity index (χ0n) is 13.8. The lowest BCUT2D eigenvalue weighted by atomic mass is 10.1. The molecule has 0 fully saturated rings. The Morgan fingerprint density at radius 1 is 1.13 bits per heavy atom. The highest BCUT2D eigenvalue weighted by Gasteiger charge is 2.09. The van der Waals surface area contributed by atoms with Crippen LogP contribution in [-0.4, -0.2) is 15.8 Å². The molecule has 0 amide bonds. The van der Waals surface area contributed by atoms with Gasteiger partial charge in [0.2, 0.25) is 0 Å². The zero-order chi connectivity index (χ0) is 16.2. The van der Waals surface area contributed by atoms with Crippen molar-refractivity contribution in [1.29, 1.82) is 0 Å². The van der Waals surface area contributed by atoms with E-state index >= 15 is 0 Å². The largest absolute Gasteiger partial charge is 0.318 e. The maximum Gasteiger partial charge on any atom is 0.0813 e. The molecule has 0 bridgehead atoms. The maximum absolute atomic E-state index is 4.51. The summed E-state index contributed by atoms with van der Waals surface area (Å²) in [6.07, 6.45) is 6.49. The van der Waals surface area contributed by atoms with E-state index in [0.717, 1.165) is 17.7 Å². The number of rotatable bonds is 4. The first-order valence-electron chi connectivity index (χ1n) is 7.91. The van der Waals surface area contributed by atoms with Crippen LogP contribution in [0.25, 0.3) is 5.69 Å². The first-order chi connectivity index (χ1) is 11.2. The van der Waals surface area contributed by atoms with Gasteiger partial charge in [-0.15, -0.1) is 0 Å². The van der Waals surface area contributed by atoms with Crippen LogP contribution in [0.5, 0.6) is 0 Å². The monoisotopic (exact) mass is 303 g/mol. The van der Waals surface area contributed by atoms with Gasteiger partial charge in [-0.3, -0.25) is 9.98 Å². The molecule has 0 aliphatic carbocycles. The second kappa shape index (κ2) is 6.61. The van der Waals surface area contributed by atoms with Gasteiger partial charge in [-0.05, 0) is 56.2 Å². The van der Waals surface area contributed by atoms with Crippen molar-refractivity contribution in [3.8, 4) is 5.69 Å². The third-order valence-electron chi connectivity index (χ3n) is 4.07. The molecule has 0 N–H and O–H groups in total. The summed E-state index contributed by atoms with van der Waals surface area (Å²) in [4.78, 5) is 8.60. The maximum atomic E-state index is 4.51. The third-order valence-corrected chi connectivity index (χ3v) is 4.07. The molecule has 2 heterocycles. The van der Waals surface area contributed by atoms with Crippen LogP contribution in [0.15, 0.2) is 59.9 Å². The van der Waals surface area contributed by atoms with Crippen LogP contribution < -0.4 is 0 Å². The van der Waals surface area contributed by atoms with Crippen LogP contribution in [0.1, 0.15) is 29.4 Å². The fraction of sp³-hybridized carbons (Fsp3) is 0.200. The second-order valence-corrected chi connectivity index (χ2v) is 5.65. The molecule has 0 radical (unpaired) electrons. The molecule has 0 spiro atoms. The number of nitrogens with zero attached hydrogens (tertiary/aromatic N) is 3. The standard InChI is InChI=1S/C20H21N3/c1-4-17-7-9-20(10-8-17)23-15(2)12-18(16(23)3)13-22-19-6-5-11-21-14-19/h5-14H,4H2,1-3H3. The zero-order valence-corrected chi connectivity index (χ0v) is 13.8. The molecule has 3 aromatic rings. The molecule has 0 saturated carbocycles. The van der Waals surface area contributed by atoms with Crippen LogP contribution in [0.4, 0.5) is 5.69 Å². The molecule has 1 aromatic carbocycles. The molecule has 3 heteroatoms. The highest BCUT2D eigenvalue weighted by Crippen LogP contribution is 2.21. The van der Waals surface area contributed by atoms with E-state index in [1.807, 2.05) is 18.3 Å². The first-order valence-corrected chi connectivity index (χ1v) is 7.91. The summed E-state index contributed by atoms with van der Waals surface area (Å²) in [5, 5.41) is 0. The highest BCUT2D eigenvalue weighted by atomic mass is 15.0. The fourth-order valence-electron chi connectivity index (χ4n) is 2.77. The first kappa shape index (κ1) is 15.2. The molecule has 0 aliphatic heterocycles. The van der Waals surface area contributed by atoms with Gasteiger partial charge in [-0.25, -0.2) is 0 Å². The number of aryl methyl sites for hydroxylation is 2. The van der Waals surface area contributed by atoms with Crippen molar-refractivity contribution in [2.24, 2.45) is 4.99 Å². The minimum absolute atomic E-state index is 0.865. The van der Waals surface area contributed by atoms with E-state index < -0.39 is 0 Å². The average molecular weight is 303 g/mol. The summed E-state index contributed by atoms with van der Waals surface area (Å²) in [5.41, 5.74) is 6.95. The summed E-state index contributed by atoms with van der Waals surface area (Å²) in [5.74, 6) is 0. The van der Waals surface area contributed by atoms with Crippen molar-refractivity contribution in [1.82, 2.24) is 9.55 Å². The normalized spacial score (nSPS) is 11.3. The van der Waals surface area contributed by atoms with Crippen molar-refractivity contribution < 1.29 is 0 Å². The molecule has 0 unspecified atom stereocenters. The Hall–Kier alpha value is -2.68. The van der Waals surface area contributed by atoms with Crippen LogP contribution in [-0.2, 0) is 6.42 Å². The smallest absolute Gasteiger partial charge is 0.0813 e. The van der Waals surface area contributed by atoms with Crippen molar-refractivity contribution in [2.45, 2.75) is 27.2 Å². The van der Waals surface area contributed by atoms with Gasteiger partial charge < -0.3 is 4.57 Å². The van der Waals surface area contributed by atoms with Gasteiger partial charge in [0.05, 0.1) is 11.9 Å². The molecule has 23 heavy (non-hydrogen) atoms. The topological polar surface area (TPSA) is 30.2 Å². The Balaban J connectivity index is 1.94. The van der Waals surface area contributed by atoms with Crippen molar-refractivity contribution in [2.75, 3.05) is 0 Å². The van der Waals surface area contributed by atoms with Gasteiger partial charge in [0, 0.05) is 35.1 Å². The molecule has 3 rings (SSSR count). The SMILES string of the molecule is CCc1ccc(-n2c(C)cc(C=Nc3cccnc3)c2C)cc1. The van der Waals surface area contributed by atoms with Crippen molar-refractivity contribution >= 4 is 11.9 Å². The number of aromatic nitrogens is 2. The molecular weight excluding hydrogens is 282 g/mol. The molecule has 116 valence electrons. The predicted molar refractivity (Wildman–Crippen MR) is 96.1 cm³/mol. The average Bonchev–Trinajstić information content (AvgIpc) is 2.88. The van der Waals surface area contributed by atoms with E-state index in [1.165, 1.54) is 22.6 Å². The van der Waals surface area contributed by atoms with Crippen molar-refractivity contribution in [3.05, 3.63) is 77.4 Å². The van der Waals surface area contributed by atoms with Gasteiger partial charge in [-0.1, -0.05) is 19.1 Å². The van der Waals surface area contributed by atoms with Crippen LogP contribution in [0, 0.1) is 13.8 Å². The van der Waals surface area contributed by atoms with E-state index in [0.29, 0.717) is 0 Å². The molecule has 3 nitrogen and oxygen atoms in total. The Labute approximate surface area is 137 Å². The van der Waals surface area contributed by atoms with Crippen LogP contribution in [0.2, 0.25) is 0 Å². The van der Waals surface area contributed by atoms with Crippen molar-refractivity contribution in [3.63, 3.8) is 0 Å². The summed E-state index contributed by atoms with van der Waals surface area (Å²) < 4.78 is 2.27. The van der Waals surface area contributed by atoms with E-state index in [2.05, 4.69) is 65.6 Å². The Bertz CT molecular complexity index is 812. The lowest BCUT2D eigenvalue weighted by molar-refractivity contribution is 0.962. The predicted octanol–water partition coefficient (Wildman–Crippen LogP) is 4.80. The minimum atomic E-state index is 0.865. The fourth-order valence-corrected chi connectivity index (χ4v) is 2.77. The molecule has 2 aromatic heterocycles. The Morgan fingerprint density at radius 2 is 1.91 bits per heavy atom. The lowest BCUT2D eigenvalue weighted by Crippen LogP contribution is -1.99. The Kier molecular flexibility index (Phi) is 4.38. The van der Waals surface area contributed by atoms with E-state index in [4.69, 9.17) is 0 Å². The highest BCUT2D eigenvalue weighted by molar-refractivity contribution is 5.84. The van der Waals surface area contributed by atoms with Gasteiger partial charge in [0.25, 0.3) is 0 Å². The molecule has 0 aliphatic rings. The second-order valence-electron chi connectivity index (χ2n) is 5.65. The lowest BCUT2D eigenvalue weighted by Gasteiger charge is -2.10. The Morgan fingerprint density at radius 3 is 2.57 bits per heavy atom. The minimum Gasteiger partial charge on any atom is -0.318 e. The van der Waals surface area contributed by atoms with Crippen LogP contribution in [0.3, 0.4) is 0 Å². The van der Waals surface area contributed by atoms with E-state index in [9.17, 15) is 0 Å². The molecular formula is C20H21N3. The summed E-state index contributed by atoms with van der Waals surface area (Å²) in [6.45, 7) is 6.43. The molecule has 0 saturated heterocycles. The summed E-state index contributed by atoms with van der Waals surface area (Å²) in [6, 6.07) is 14.8. The van der Waals surface area contributed by atoms with Gasteiger partial charge >= 0.3 is 0 Å². The van der Waals surface area contributed by atoms with Gasteiger partial charge in [-0.2, -0.15) is 0 Å². The van der Waals surface area contributed by atoms with E-state index in [1.54, 1.807) is 12.4 Å². The number of pyridine rings is 1. The summed E-state index contributed by atoms with van der Waals surface area (Å²) >= 11 is 0. The number of aliphatic imine (C=N–C) groups is 1. The van der Waals surface area contributed by atoms with E-state index in [-0.39, 0.29) is 0 Å². The van der Waals surface area contributed by atoms with Gasteiger partial charge in [0.15, 0.2) is 0 Å². The molecule has 0 atom stereocenters.